The minimum atomic E-state index is 0.146. The van der Waals surface area contributed by atoms with E-state index in [4.69, 9.17) is 0 Å². The number of hydrogen-bond acceptors (Lipinski definition) is 4. The molecule has 0 saturated carbocycles. The Morgan fingerprint density at radius 2 is 1.68 bits per heavy atom. The molecule has 1 atom stereocenters. The van der Waals surface area contributed by atoms with Crippen molar-refractivity contribution in [3.05, 3.63) is 60.2 Å². The Labute approximate surface area is 148 Å². The molecule has 0 bridgehead atoms. The smallest absolute Gasteiger partial charge is 0.236 e. The number of amides is 1. The van der Waals surface area contributed by atoms with Gasteiger partial charge in [-0.3, -0.25) is 4.79 Å². The predicted octanol–water partition coefficient (Wildman–Crippen LogP) is 2.39. The molecule has 132 valence electrons. The molecule has 0 aliphatic carbocycles. The second-order valence-corrected chi connectivity index (χ2v) is 6.40. The lowest BCUT2D eigenvalue weighted by Gasteiger charge is -2.36. The van der Waals surface area contributed by atoms with Gasteiger partial charge >= 0.3 is 0 Å². The van der Waals surface area contributed by atoms with Gasteiger partial charge in [0.15, 0.2) is 0 Å². The fourth-order valence-corrected chi connectivity index (χ4v) is 3.09. The van der Waals surface area contributed by atoms with E-state index in [0.29, 0.717) is 6.54 Å². The van der Waals surface area contributed by atoms with Crippen LogP contribution in [0.1, 0.15) is 18.5 Å². The molecule has 5 heteroatoms. The lowest BCUT2D eigenvalue weighted by molar-refractivity contribution is -0.130. The fraction of sp³-hybridized carbons (Fsp3) is 0.350. The van der Waals surface area contributed by atoms with Crippen LogP contribution in [0, 0.1) is 0 Å². The van der Waals surface area contributed by atoms with Crippen molar-refractivity contribution in [3.63, 3.8) is 0 Å². The highest BCUT2D eigenvalue weighted by molar-refractivity contribution is 5.78. The van der Waals surface area contributed by atoms with Gasteiger partial charge in [0.25, 0.3) is 0 Å². The fourth-order valence-electron chi connectivity index (χ4n) is 3.09. The van der Waals surface area contributed by atoms with E-state index in [1.807, 2.05) is 35.2 Å². The maximum absolute atomic E-state index is 12.4. The second kappa shape index (κ2) is 8.03. The average molecular weight is 339 g/mol. The zero-order chi connectivity index (χ0) is 17.6. The number of anilines is 1. The van der Waals surface area contributed by atoms with E-state index < -0.39 is 0 Å². The predicted molar refractivity (Wildman–Crippen MR) is 99.8 cm³/mol. The number of nitrogens with one attached hydrogen (secondary N) is 1. The quantitative estimate of drug-likeness (QED) is 0.878. The third-order valence-electron chi connectivity index (χ3n) is 4.71. The molecule has 1 amide bonds. The Morgan fingerprint density at radius 1 is 1.04 bits per heavy atom. The summed E-state index contributed by atoms with van der Waals surface area (Å²) in [5.41, 5.74) is 2.27. The number of phenols is 1. The third-order valence-corrected chi connectivity index (χ3v) is 4.71. The molecule has 3 rings (SSSR count). The first-order valence-corrected chi connectivity index (χ1v) is 8.73. The summed E-state index contributed by atoms with van der Waals surface area (Å²) in [7, 11) is 0. The molecular formula is C20H25N3O2. The van der Waals surface area contributed by atoms with Crippen LogP contribution in [-0.4, -0.2) is 48.6 Å². The molecule has 0 spiro atoms. The highest BCUT2D eigenvalue weighted by atomic mass is 16.3. The molecule has 1 heterocycles. The van der Waals surface area contributed by atoms with E-state index in [2.05, 4.69) is 29.3 Å². The lowest BCUT2D eigenvalue weighted by atomic mass is 10.1. The van der Waals surface area contributed by atoms with Crippen LogP contribution in [0.15, 0.2) is 54.6 Å². The molecule has 25 heavy (non-hydrogen) atoms. The highest BCUT2D eigenvalue weighted by Gasteiger charge is 2.21. The summed E-state index contributed by atoms with van der Waals surface area (Å²) in [5.74, 6) is 0.421. The normalized spacial score (nSPS) is 15.9. The lowest BCUT2D eigenvalue weighted by Crippen LogP contribution is -2.51. The standard InChI is InChI=1S/C20H25N3O2/c1-16(17-5-3-2-4-6-17)21-15-20(25)23-13-11-22(12-14-23)18-7-9-19(24)10-8-18/h2-10,16,21,24H,11-15H2,1H3/t16-/m0/s1. The molecule has 2 N–H and O–H groups in total. The van der Waals surface area contributed by atoms with E-state index in [1.54, 1.807) is 12.1 Å². The van der Waals surface area contributed by atoms with Crippen LogP contribution < -0.4 is 10.2 Å². The van der Waals surface area contributed by atoms with Gasteiger partial charge in [-0.05, 0) is 36.8 Å². The number of carbonyl (C=O) groups is 1. The number of phenolic OH excluding ortho intramolecular Hbond substituents is 1. The molecule has 1 aliphatic rings. The van der Waals surface area contributed by atoms with Gasteiger partial charge in [0.05, 0.1) is 6.54 Å². The monoisotopic (exact) mass is 339 g/mol. The summed E-state index contributed by atoms with van der Waals surface area (Å²) in [4.78, 5) is 16.6. The van der Waals surface area contributed by atoms with Crippen molar-refractivity contribution in [2.24, 2.45) is 0 Å². The minimum Gasteiger partial charge on any atom is -0.508 e. The third kappa shape index (κ3) is 4.51. The molecule has 1 saturated heterocycles. The summed E-state index contributed by atoms with van der Waals surface area (Å²) < 4.78 is 0. The maximum Gasteiger partial charge on any atom is 0.236 e. The Hall–Kier alpha value is -2.53. The topological polar surface area (TPSA) is 55.8 Å². The van der Waals surface area contributed by atoms with Crippen molar-refractivity contribution in [3.8, 4) is 5.75 Å². The number of piperazine rings is 1. The van der Waals surface area contributed by atoms with E-state index in [9.17, 15) is 9.90 Å². The summed E-state index contributed by atoms with van der Waals surface area (Å²) >= 11 is 0. The number of nitrogens with zero attached hydrogens (tertiary/aromatic N) is 2. The number of aromatic hydroxyl groups is 1. The van der Waals surface area contributed by atoms with Crippen molar-refractivity contribution in [1.82, 2.24) is 10.2 Å². The van der Waals surface area contributed by atoms with Gasteiger partial charge < -0.3 is 20.2 Å². The second-order valence-electron chi connectivity index (χ2n) is 6.40. The molecule has 0 unspecified atom stereocenters. The first-order valence-electron chi connectivity index (χ1n) is 8.73. The van der Waals surface area contributed by atoms with Crippen molar-refractivity contribution in [2.75, 3.05) is 37.6 Å². The van der Waals surface area contributed by atoms with Crippen LogP contribution in [0.4, 0.5) is 5.69 Å². The molecular weight excluding hydrogens is 314 g/mol. The highest BCUT2D eigenvalue weighted by Crippen LogP contribution is 2.20. The summed E-state index contributed by atoms with van der Waals surface area (Å²) in [6.07, 6.45) is 0. The van der Waals surface area contributed by atoms with Crippen LogP contribution in [0.3, 0.4) is 0 Å². The van der Waals surface area contributed by atoms with Gasteiger partial charge in [-0.25, -0.2) is 0 Å². The van der Waals surface area contributed by atoms with Crippen LogP contribution in [0.25, 0.3) is 0 Å². The zero-order valence-corrected chi connectivity index (χ0v) is 14.6. The van der Waals surface area contributed by atoms with E-state index in [0.717, 1.165) is 31.9 Å². The summed E-state index contributed by atoms with van der Waals surface area (Å²) in [6, 6.07) is 17.5. The molecule has 2 aromatic carbocycles. The number of carbonyl (C=O) groups excluding carboxylic acids is 1. The molecule has 5 nitrogen and oxygen atoms in total. The van der Waals surface area contributed by atoms with Crippen LogP contribution in [-0.2, 0) is 4.79 Å². The Kier molecular flexibility index (Phi) is 5.56. The first kappa shape index (κ1) is 17.3. The van der Waals surface area contributed by atoms with Crippen LogP contribution >= 0.6 is 0 Å². The molecule has 1 fully saturated rings. The van der Waals surface area contributed by atoms with Gasteiger partial charge in [-0.1, -0.05) is 30.3 Å². The summed E-state index contributed by atoms with van der Waals surface area (Å²) in [6.45, 7) is 5.50. The maximum atomic E-state index is 12.4. The van der Waals surface area contributed by atoms with Crippen LogP contribution in [0.2, 0.25) is 0 Å². The SMILES string of the molecule is C[C@H](NCC(=O)N1CCN(c2ccc(O)cc2)CC1)c1ccccc1. The largest absolute Gasteiger partial charge is 0.508 e. The molecule has 0 radical (unpaired) electrons. The van der Waals surface area contributed by atoms with Crippen molar-refractivity contribution >= 4 is 11.6 Å². The van der Waals surface area contributed by atoms with Gasteiger partial charge in [-0.2, -0.15) is 0 Å². The van der Waals surface area contributed by atoms with E-state index >= 15 is 0 Å². The van der Waals surface area contributed by atoms with Crippen LogP contribution in [0.5, 0.6) is 5.75 Å². The van der Waals surface area contributed by atoms with Crippen molar-refractivity contribution < 1.29 is 9.90 Å². The number of rotatable bonds is 5. The Balaban J connectivity index is 1.46. The average Bonchev–Trinajstić information content (AvgIpc) is 2.67. The van der Waals surface area contributed by atoms with Gasteiger partial charge in [0, 0.05) is 37.9 Å². The molecule has 0 aromatic heterocycles. The van der Waals surface area contributed by atoms with Gasteiger partial charge in [0.2, 0.25) is 5.91 Å². The summed E-state index contributed by atoms with van der Waals surface area (Å²) in [5, 5.41) is 12.7. The van der Waals surface area contributed by atoms with Gasteiger partial charge in [0.1, 0.15) is 5.75 Å². The first-order chi connectivity index (χ1) is 12.1. The Bertz CT molecular complexity index is 680. The van der Waals surface area contributed by atoms with E-state index in [-0.39, 0.29) is 17.7 Å². The molecule has 1 aliphatic heterocycles. The minimum absolute atomic E-state index is 0.146. The number of hydrogen-bond donors (Lipinski definition) is 2. The Morgan fingerprint density at radius 3 is 2.32 bits per heavy atom. The van der Waals surface area contributed by atoms with Crippen molar-refractivity contribution in [1.29, 1.82) is 0 Å². The zero-order valence-electron chi connectivity index (χ0n) is 14.6. The van der Waals surface area contributed by atoms with Crippen molar-refractivity contribution in [2.45, 2.75) is 13.0 Å². The van der Waals surface area contributed by atoms with E-state index in [1.165, 1.54) is 5.56 Å². The number of benzene rings is 2. The van der Waals surface area contributed by atoms with Gasteiger partial charge in [-0.15, -0.1) is 0 Å². The molecule has 2 aromatic rings.